The molecule has 0 fully saturated rings. The van der Waals surface area contributed by atoms with Crippen LogP contribution in [0.25, 0.3) is 0 Å². The Hall–Kier alpha value is -3.57. The molecule has 1 unspecified atom stereocenters. The minimum atomic E-state index is -7.22. The van der Waals surface area contributed by atoms with Crippen molar-refractivity contribution in [2.24, 2.45) is 5.92 Å². The predicted octanol–water partition coefficient (Wildman–Crippen LogP) is 11.7. The average molecular weight is 846 g/mol. The van der Waals surface area contributed by atoms with Gasteiger partial charge in [-0.15, -0.1) is 0 Å². The molecule has 1 atom stereocenters. The Balaban J connectivity index is 3.53. The van der Waals surface area contributed by atoms with E-state index in [2.05, 4.69) is 0 Å². The van der Waals surface area contributed by atoms with Crippen LogP contribution in [0.1, 0.15) is 83.8 Å². The number of unbranched alkanes of at least 4 members (excludes halogenated alkanes) is 2. The standard InChI is InChI=1S/C30H33F18NO6/c1-4-5-6-9-21(50)55-22(16(2)3)17-14-19(53-12-7-10-23(31,32)25(35,36)27(39,40)29(43,44)45)20(15-18(17)49(51)52)54-13-8-11-24(33,34)26(37,38)28(41,42)30(46,47)48/h14-16,22H,4-13H2,1-3H3. The van der Waals surface area contributed by atoms with Gasteiger partial charge < -0.3 is 14.2 Å². The SMILES string of the molecule is CCCCCC(=O)OC(c1cc(OCCCC(F)(F)C(F)(F)C(F)(F)C(F)(F)F)c(OCCCC(F)(F)C(F)(F)C(F)(F)C(F)(F)F)cc1[N+](=O)[O-])C(C)C. The largest absolute Gasteiger partial charge is 0.490 e. The Labute approximate surface area is 299 Å². The van der Waals surface area contributed by atoms with Crippen LogP contribution in [0, 0.1) is 16.0 Å². The van der Waals surface area contributed by atoms with Crippen LogP contribution in [-0.4, -0.2) is 72.0 Å². The number of nitro groups is 1. The third kappa shape index (κ3) is 11.1. The van der Waals surface area contributed by atoms with Gasteiger partial charge in [-0.3, -0.25) is 14.9 Å². The van der Waals surface area contributed by atoms with E-state index in [4.69, 9.17) is 14.2 Å². The van der Waals surface area contributed by atoms with Crippen LogP contribution in [0.15, 0.2) is 12.1 Å². The van der Waals surface area contributed by atoms with Crippen LogP contribution in [0.4, 0.5) is 84.7 Å². The van der Waals surface area contributed by atoms with Crippen molar-refractivity contribution < 1.29 is 103 Å². The van der Waals surface area contributed by atoms with Crippen LogP contribution in [0.2, 0.25) is 0 Å². The number of hydrogen-bond acceptors (Lipinski definition) is 6. The number of halogens is 18. The van der Waals surface area contributed by atoms with Gasteiger partial charge in [0.05, 0.1) is 29.8 Å². The minimum absolute atomic E-state index is 0.194. The molecule has 1 aromatic carbocycles. The summed E-state index contributed by atoms with van der Waals surface area (Å²) in [6, 6.07) is 0.997. The van der Waals surface area contributed by atoms with Gasteiger partial charge in [0.1, 0.15) is 6.10 Å². The lowest BCUT2D eigenvalue weighted by Crippen LogP contribution is -2.60. The van der Waals surface area contributed by atoms with E-state index in [0.717, 1.165) is 0 Å². The van der Waals surface area contributed by atoms with E-state index in [-0.39, 0.29) is 6.42 Å². The maximum absolute atomic E-state index is 14.0. The molecule has 0 heterocycles. The highest BCUT2D eigenvalue weighted by atomic mass is 19.4. The Kier molecular flexibility index (Phi) is 15.9. The number of alkyl halides is 18. The number of ether oxygens (including phenoxy) is 3. The first kappa shape index (κ1) is 49.4. The molecule has 0 spiro atoms. The number of hydrogen-bond donors (Lipinski definition) is 0. The van der Waals surface area contributed by atoms with Crippen LogP contribution >= 0.6 is 0 Å². The van der Waals surface area contributed by atoms with E-state index in [0.29, 0.717) is 31.4 Å². The maximum atomic E-state index is 14.0. The Bertz CT molecular complexity index is 1450. The minimum Gasteiger partial charge on any atom is -0.490 e. The zero-order valence-electron chi connectivity index (χ0n) is 28.6. The first-order valence-corrected chi connectivity index (χ1v) is 15.8. The second-order valence-corrected chi connectivity index (χ2v) is 12.3. The summed E-state index contributed by atoms with van der Waals surface area (Å²) in [6.45, 7) is 1.85. The fraction of sp³-hybridized carbons (Fsp3) is 0.767. The zero-order valence-corrected chi connectivity index (χ0v) is 28.6. The Morgan fingerprint density at radius 3 is 1.40 bits per heavy atom. The van der Waals surface area contributed by atoms with Crippen LogP contribution in [-0.2, 0) is 9.53 Å². The predicted molar refractivity (Wildman–Crippen MR) is 152 cm³/mol. The molecule has 0 aliphatic heterocycles. The second kappa shape index (κ2) is 17.7. The van der Waals surface area contributed by atoms with Gasteiger partial charge >= 0.3 is 53.9 Å². The smallest absolute Gasteiger partial charge is 0.460 e. The van der Waals surface area contributed by atoms with Crippen molar-refractivity contribution >= 4 is 11.7 Å². The van der Waals surface area contributed by atoms with E-state index < -0.39 is 132 Å². The fourth-order valence-corrected chi connectivity index (χ4v) is 4.54. The molecule has 320 valence electrons. The Morgan fingerprint density at radius 1 is 0.655 bits per heavy atom. The van der Waals surface area contributed by atoms with Gasteiger partial charge in [-0.1, -0.05) is 33.6 Å². The summed E-state index contributed by atoms with van der Waals surface area (Å²) in [5, 5.41) is 12.0. The monoisotopic (exact) mass is 845 g/mol. The van der Waals surface area contributed by atoms with Gasteiger partial charge in [-0.05, 0) is 31.2 Å². The molecule has 0 radical (unpaired) electrons. The summed E-state index contributed by atoms with van der Waals surface area (Å²) < 4.78 is 253. The molecule has 25 heteroatoms. The number of carbonyl (C=O) groups excluding carboxylic acids is 1. The number of nitrogens with zero attached hydrogens (tertiary/aromatic N) is 1. The second-order valence-electron chi connectivity index (χ2n) is 12.3. The lowest BCUT2D eigenvalue weighted by Gasteiger charge is -2.33. The molecule has 0 N–H and O–H groups in total. The molecular weight excluding hydrogens is 812 g/mol. The molecule has 0 aliphatic rings. The van der Waals surface area contributed by atoms with Crippen molar-refractivity contribution in [3.63, 3.8) is 0 Å². The summed E-state index contributed by atoms with van der Waals surface area (Å²) >= 11 is 0. The summed E-state index contributed by atoms with van der Waals surface area (Å²) in [7, 11) is 0. The summed E-state index contributed by atoms with van der Waals surface area (Å²) in [6.07, 6.45) is -22.3. The van der Waals surface area contributed by atoms with Gasteiger partial charge in [-0.25, -0.2) is 0 Å². The van der Waals surface area contributed by atoms with Crippen LogP contribution in [0.5, 0.6) is 11.5 Å². The summed E-state index contributed by atoms with van der Waals surface area (Å²) in [5.41, 5.74) is -1.59. The maximum Gasteiger partial charge on any atom is 0.460 e. The molecule has 7 nitrogen and oxygen atoms in total. The normalized spacial score (nSPS) is 14.6. The molecule has 1 rings (SSSR count). The topological polar surface area (TPSA) is 87.9 Å². The number of benzene rings is 1. The third-order valence-corrected chi connectivity index (χ3v) is 7.65. The quantitative estimate of drug-likeness (QED) is 0.0380. The van der Waals surface area contributed by atoms with Gasteiger partial charge in [-0.2, -0.15) is 79.0 Å². The van der Waals surface area contributed by atoms with Crippen molar-refractivity contribution in [2.75, 3.05) is 13.2 Å². The van der Waals surface area contributed by atoms with Crippen LogP contribution in [0.3, 0.4) is 0 Å². The van der Waals surface area contributed by atoms with Gasteiger partial charge in [0.25, 0.3) is 5.69 Å². The van der Waals surface area contributed by atoms with E-state index in [1.807, 2.05) is 0 Å². The highest BCUT2D eigenvalue weighted by Crippen LogP contribution is 2.55. The van der Waals surface area contributed by atoms with Crippen LogP contribution < -0.4 is 9.47 Å². The highest BCUT2D eigenvalue weighted by Gasteiger charge is 2.82. The molecular formula is C30H33F18NO6. The number of esters is 1. The molecule has 0 saturated carbocycles. The van der Waals surface area contributed by atoms with Crippen molar-refractivity contribution in [2.45, 2.75) is 126 Å². The fourth-order valence-electron chi connectivity index (χ4n) is 4.54. The number of rotatable bonds is 22. The molecule has 0 amide bonds. The van der Waals surface area contributed by atoms with Crippen molar-refractivity contribution in [3.8, 4) is 11.5 Å². The van der Waals surface area contributed by atoms with E-state index in [9.17, 15) is 93.9 Å². The lowest BCUT2D eigenvalue weighted by molar-refractivity contribution is -0.396. The number of nitro benzene ring substituents is 1. The zero-order chi connectivity index (χ0) is 43.2. The molecule has 0 bridgehead atoms. The van der Waals surface area contributed by atoms with Gasteiger partial charge in [0, 0.05) is 19.3 Å². The van der Waals surface area contributed by atoms with E-state index in [1.165, 1.54) is 13.8 Å². The van der Waals surface area contributed by atoms with Crippen molar-refractivity contribution in [3.05, 3.63) is 27.8 Å². The molecule has 0 aromatic heterocycles. The van der Waals surface area contributed by atoms with Crippen molar-refractivity contribution in [1.82, 2.24) is 0 Å². The molecule has 55 heavy (non-hydrogen) atoms. The molecule has 1 aromatic rings. The third-order valence-electron chi connectivity index (χ3n) is 7.65. The summed E-state index contributed by atoms with van der Waals surface area (Å²) in [4.78, 5) is 23.3. The molecule has 0 aliphatic carbocycles. The van der Waals surface area contributed by atoms with E-state index >= 15 is 0 Å². The van der Waals surface area contributed by atoms with Gasteiger partial charge in [0.15, 0.2) is 11.5 Å². The number of carbonyl (C=O) groups is 1. The average Bonchev–Trinajstić information content (AvgIpc) is 3.02. The lowest BCUT2D eigenvalue weighted by atomic mass is 9.96. The van der Waals surface area contributed by atoms with Gasteiger partial charge in [0.2, 0.25) is 0 Å². The highest BCUT2D eigenvalue weighted by molar-refractivity contribution is 5.70. The first-order valence-electron chi connectivity index (χ1n) is 15.8. The van der Waals surface area contributed by atoms with Crippen molar-refractivity contribution in [1.29, 1.82) is 0 Å². The molecule has 0 saturated heterocycles. The summed E-state index contributed by atoms with van der Waals surface area (Å²) in [5.74, 6) is -44.2. The first-order chi connectivity index (χ1) is 24.6. The van der Waals surface area contributed by atoms with E-state index in [1.54, 1.807) is 6.92 Å². The Morgan fingerprint density at radius 2 is 1.05 bits per heavy atom.